The number of amidine groups is 1. The molecule has 2 heterocycles. The SMILES string of the molecule is COc1cc2c(c(OC)c1Cl)CN1CCCCCC1=N2. The number of halogens is 1. The Morgan fingerprint density at radius 2 is 2.05 bits per heavy atom. The van der Waals surface area contributed by atoms with E-state index >= 15 is 0 Å². The Labute approximate surface area is 124 Å². The van der Waals surface area contributed by atoms with Gasteiger partial charge in [0.2, 0.25) is 0 Å². The molecule has 2 aliphatic rings. The van der Waals surface area contributed by atoms with Gasteiger partial charge in [0.05, 0.1) is 19.9 Å². The molecule has 0 spiro atoms. The molecule has 0 N–H and O–H groups in total. The molecule has 1 aromatic rings. The van der Waals surface area contributed by atoms with Crippen molar-refractivity contribution >= 4 is 23.1 Å². The number of rotatable bonds is 2. The fraction of sp³-hybridized carbons (Fsp3) is 0.533. The largest absolute Gasteiger partial charge is 0.495 e. The van der Waals surface area contributed by atoms with Crippen molar-refractivity contribution in [1.82, 2.24) is 4.90 Å². The zero-order valence-corrected chi connectivity index (χ0v) is 12.7. The fourth-order valence-corrected chi connectivity index (χ4v) is 3.25. The van der Waals surface area contributed by atoms with Crippen molar-refractivity contribution in [1.29, 1.82) is 0 Å². The van der Waals surface area contributed by atoms with Gasteiger partial charge in [0.1, 0.15) is 22.4 Å². The van der Waals surface area contributed by atoms with E-state index in [1.54, 1.807) is 14.2 Å². The molecule has 0 aliphatic carbocycles. The molecule has 1 saturated heterocycles. The van der Waals surface area contributed by atoms with Crippen molar-refractivity contribution in [2.45, 2.75) is 32.2 Å². The topological polar surface area (TPSA) is 34.1 Å². The minimum atomic E-state index is 0.530. The van der Waals surface area contributed by atoms with Crippen LogP contribution in [-0.4, -0.2) is 31.5 Å². The number of ether oxygens (including phenoxy) is 2. The molecule has 0 aromatic heterocycles. The number of methoxy groups -OCH3 is 2. The number of nitrogens with zero attached hydrogens (tertiary/aromatic N) is 2. The van der Waals surface area contributed by atoms with Crippen LogP contribution in [0, 0.1) is 0 Å². The summed E-state index contributed by atoms with van der Waals surface area (Å²) in [4.78, 5) is 7.16. The molecule has 108 valence electrons. The van der Waals surface area contributed by atoms with Crippen LogP contribution >= 0.6 is 11.6 Å². The smallest absolute Gasteiger partial charge is 0.148 e. The van der Waals surface area contributed by atoms with Gasteiger partial charge in [-0.25, -0.2) is 4.99 Å². The maximum atomic E-state index is 6.34. The van der Waals surface area contributed by atoms with Crippen LogP contribution in [0.4, 0.5) is 5.69 Å². The summed E-state index contributed by atoms with van der Waals surface area (Å²) in [5.41, 5.74) is 1.99. The molecule has 0 amide bonds. The monoisotopic (exact) mass is 294 g/mol. The average molecular weight is 295 g/mol. The van der Waals surface area contributed by atoms with Crippen LogP contribution in [0.2, 0.25) is 5.02 Å². The summed E-state index contributed by atoms with van der Waals surface area (Å²) < 4.78 is 10.8. The van der Waals surface area contributed by atoms with Gasteiger partial charge in [-0.2, -0.15) is 0 Å². The van der Waals surface area contributed by atoms with Gasteiger partial charge in [-0.05, 0) is 12.8 Å². The van der Waals surface area contributed by atoms with Gasteiger partial charge >= 0.3 is 0 Å². The van der Waals surface area contributed by atoms with Crippen LogP contribution < -0.4 is 9.47 Å². The predicted octanol–water partition coefficient (Wildman–Crippen LogP) is 3.78. The summed E-state index contributed by atoms with van der Waals surface area (Å²) in [5.74, 6) is 2.49. The lowest BCUT2D eigenvalue weighted by molar-refractivity contribution is 0.367. The normalized spacial score (nSPS) is 17.8. The first-order chi connectivity index (χ1) is 9.74. The number of fused-ring (bicyclic) bond motifs is 2. The molecule has 1 fully saturated rings. The van der Waals surface area contributed by atoms with Crippen molar-refractivity contribution in [3.8, 4) is 11.5 Å². The summed E-state index contributed by atoms with van der Waals surface area (Å²) in [6.07, 6.45) is 4.76. The van der Waals surface area contributed by atoms with Crippen molar-refractivity contribution < 1.29 is 9.47 Å². The molecule has 2 aliphatic heterocycles. The zero-order valence-electron chi connectivity index (χ0n) is 11.9. The maximum Gasteiger partial charge on any atom is 0.148 e. The van der Waals surface area contributed by atoms with Crippen molar-refractivity contribution in [3.63, 3.8) is 0 Å². The van der Waals surface area contributed by atoms with E-state index in [1.165, 1.54) is 25.1 Å². The second-order valence-electron chi connectivity index (χ2n) is 5.18. The molecule has 1 aromatic carbocycles. The number of benzene rings is 1. The van der Waals surface area contributed by atoms with Crippen LogP contribution in [-0.2, 0) is 6.54 Å². The summed E-state index contributed by atoms with van der Waals surface area (Å²) in [6.45, 7) is 1.88. The molecule has 4 nitrogen and oxygen atoms in total. The first-order valence-corrected chi connectivity index (χ1v) is 7.38. The van der Waals surface area contributed by atoms with E-state index < -0.39 is 0 Å². The summed E-state index contributed by atoms with van der Waals surface area (Å²) >= 11 is 6.34. The standard InChI is InChI=1S/C15H19ClN2O2/c1-19-12-8-11-10(15(20-2)14(12)16)9-18-7-5-3-4-6-13(18)17-11/h8H,3-7,9H2,1-2H3. The van der Waals surface area contributed by atoms with E-state index in [0.717, 1.165) is 30.8 Å². The Morgan fingerprint density at radius 3 is 2.80 bits per heavy atom. The van der Waals surface area contributed by atoms with Gasteiger partial charge in [-0.3, -0.25) is 0 Å². The van der Waals surface area contributed by atoms with Gasteiger partial charge in [0, 0.05) is 31.1 Å². The number of aliphatic imine (C=N–C) groups is 1. The highest BCUT2D eigenvalue weighted by Gasteiger charge is 2.26. The van der Waals surface area contributed by atoms with Crippen LogP contribution in [0.15, 0.2) is 11.1 Å². The van der Waals surface area contributed by atoms with Crippen molar-refractivity contribution in [2.75, 3.05) is 20.8 Å². The van der Waals surface area contributed by atoms with Crippen LogP contribution in [0.25, 0.3) is 0 Å². The maximum absolute atomic E-state index is 6.34. The van der Waals surface area contributed by atoms with Gasteiger partial charge in [-0.15, -0.1) is 0 Å². The highest BCUT2D eigenvalue weighted by molar-refractivity contribution is 6.33. The average Bonchev–Trinajstić information content (AvgIpc) is 2.69. The number of hydrogen-bond acceptors (Lipinski definition) is 4. The van der Waals surface area contributed by atoms with Gasteiger partial charge in [-0.1, -0.05) is 18.0 Å². The van der Waals surface area contributed by atoms with Crippen molar-refractivity contribution in [2.24, 2.45) is 4.99 Å². The third-order valence-corrected chi connectivity index (χ3v) is 4.34. The predicted molar refractivity (Wildman–Crippen MR) is 80.5 cm³/mol. The minimum absolute atomic E-state index is 0.530. The van der Waals surface area contributed by atoms with Crippen molar-refractivity contribution in [3.05, 3.63) is 16.7 Å². The van der Waals surface area contributed by atoms with Crippen LogP contribution in [0.5, 0.6) is 11.5 Å². The fourth-order valence-electron chi connectivity index (χ4n) is 2.93. The second kappa shape index (κ2) is 5.52. The molecule has 0 radical (unpaired) electrons. The summed E-state index contributed by atoms with van der Waals surface area (Å²) in [7, 11) is 3.25. The van der Waals surface area contributed by atoms with E-state index in [4.69, 9.17) is 26.1 Å². The summed E-state index contributed by atoms with van der Waals surface area (Å²) in [6, 6.07) is 1.91. The molecule has 20 heavy (non-hydrogen) atoms. The third kappa shape index (κ3) is 2.22. The third-order valence-electron chi connectivity index (χ3n) is 3.98. The van der Waals surface area contributed by atoms with Gasteiger partial charge < -0.3 is 14.4 Å². The minimum Gasteiger partial charge on any atom is -0.495 e. The zero-order chi connectivity index (χ0) is 14.1. The molecular formula is C15H19ClN2O2. The molecule has 0 atom stereocenters. The van der Waals surface area contributed by atoms with Crippen LogP contribution in [0.1, 0.15) is 31.2 Å². The Bertz CT molecular complexity index is 557. The molecule has 0 saturated carbocycles. The van der Waals surface area contributed by atoms with Crippen LogP contribution in [0.3, 0.4) is 0 Å². The van der Waals surface area contributed by atoms with E-state index in [9.17, 15) is 0 Å². The van der Waals surface area contributed by atoms with E-state index in [-0.39, 0.29) is 0 Å². The Kier molecular flexibility index (Phi) is 3.74. The highest BCUT2D eigenvalue weighted by atomic mass is 35.5. The van der Waals surface area contributed by atoms with E-state index in [1.807, 2.05) is 6.07 Å². The molecular weight excluding hydrogens is 276 g/mol. The number of hydrogen-bond donors (Lipinski definition) is 0. The van der Waals surface area contributed by atoms with Gasteiger partial charge in [0.25, 0.3) is 0 Å². The Hall–Kier alpha value is -1.42. The van der Waals surface area contributed by atoms with E-state index in [0.29, 0.717) is 16.5 Å². The van der Waals surface area contributed by atoms with E-state index in [2.05, 4.69) is 4.90 Å². The first-order valence-electron chi connectivity index (χ1n) is 7.00. The summed E-state index contributed by atoms with van der Waals surface area (Å²) in [5, 5.41) is 0.530. The quantitative estimate of drug-likeness (QED) is 0.832. The first kappa shape index (κ1) is 13.6. The molecule has 5 heteroatoms. The second-order valence-corrected chi connectivity index (χ2v) is 5.56. The Balaban J connectivity index is 2.10. The lowest BCUT2D eigenvalue weighted by Crippen LogP contribution is -2.32. The molecule has 0 unspecified atom stereocenters. The lowest BCUT2D eigenvalue weighted by atomic mass is 10.1. The van der Waals surface area contributed by atoms with Gasteiger partial charge in [0.15, 0.2) is 0 Å². The Morgan fingerprint density at radius 1 is 1.20 bits per heavy atom. The highest BCUT2D eigenvalue weighted by Crippen LogP contribution is 2.45. The molecule has 0 bridgehead atoms. The lowest BCUT2D eigenvalue weighted by Gasteiger charge is -2.30. The molecule has 3 rings (SSSR count).